The molecule has 1 rings (SSSR count). The first kappa shape index (κ1) is 12.1. The predicted octanol–water partition coefficient (Wildman–Crippen LogP) is 1.19. The zero-order valence-corrected chi connectivity index (χ0v) is 8.53. The van der Waals surface area contributed by atoms with Crippen LogP contribution in [0.25, 0.3) is 0 Å². The molecule has 0 amide bonds. The van der Waals surface area contributed by atoms with Crippen molar-refractivity contribution >= 4 is 17.4 Å². The molecule has 0 aromatic carbocycles. The van der Waals surface area contributed by atoms with Crippen LogP contribution in [-0.4, -0.2) is 41.2 Å². The number of rotatable bonds is 5. The standard InChI is InChI=1S/C8H10ClF2N3O/c9-8-12-2-1-7(13-8)14(3-4-15)5-6(10)11/h1-2,6,15H,3-5H2. The summed E-state index contributed by atoms with van der Waals surface area (Å²) in [5.41, 5.74) is 0. The van der Waals surface area contributed by atoms with Crippen LogP contribution in [0.1, 0.15) is 0 Å². The van der Waals surface area contributed by atoms with Gasteiger partial charge < -0.3 is 10.0 Å². The third kappa shape index (κ3) is 3.93. The Hall–Kier alpha value is -1.01. The molecule has 1 heterocycles. The number of aromatic nitrogens is 2. The van der Waals surface area contributed by atoms with Crippen LogP contribution in [-0.2, 0) is 0 Å². The molecule has 0 bridgehead atoms. The summed E-state index contributed by atoms with van der Waals surface area (Å²) in [5, 5.41) is 8.71. The van der Waals surface area contributed by atoms with Gasteiger partial charge in [-0.1, -0.05) is 0 Å². The second kappa shape index (κ2) is 5.77. The summed E-state index contributed by atoms with van der Waals surface area (Å²) in [6.45, 7) is -0.639. The highest BCUT2D eigenvalue weighted by Gasteiger charge is 2.13. The summed E-state index contributed by atoms with van der Waals surface area (Å²) >= 11 is 5.53. The number of alkyl halides is 2. The van der Waals surface area contributed by atoms with Crippen molar-refractivity contribution < 1.29 is 13.9 Å². The van der Waals surface area contributed by atoms with E-state index in [1.807, 2.05) is 0 Å². The van der Waals surface area contributed by atoms with Gasteiger partial charge in [-0.3, -0.25) is 0 Å². The van der Waals surface area contributed by atoms with Gasteiger partial charge in [-0.15, -0.1) is 0 Å². The van der Waals surface area contributed by atoms with Crippen LogP contribution in [0, 0.1) is 0 Å². The molecule has 15 heavy (non-hydrogen) atoms. The van der Waals surface area contributed by atoms with Gasteiger partial charge in [0, 0.05) is 12.7 Å². The van der Waals surface area contributed by atoms with Crippen molar-refractivity contribution in [3.63, 3.8) is 0 Å². The first-order valence-electron chi connectivity index (χ1n) is 4.26. The van der Waals surface area contributed by atoms with Crippen LogP contribution in [0.5, 0.6) is 0 Å². The molecule has 0 aliphatic heterocycles. The quantitative estimate of drug-likeness (QED) is 0.782. The maximum absolute atomic E-state index is 12.2. The van der Waals surface area contributed by atoms with E-state index in [0.717, 1.165) is 0 Å². The van der Waals surface area contributed by atoms with Gasteiger partial charge in [-0.2, -0.15) is 0 Å². The Morgan fingerprint density at radius 2 is 2.27 bits per heavy atom. The van der Waals surface area contributed by atoms with Crippen LogP contribution >= 0.6 is 11.6 Å². The predicted molar refractivity (Wildman–Crippen MR) is 52.3 cm³/mol. The van der Waals surface area contributed by atoms with Gasteiger partial charge in [0.15, 0.2) is 0 Å². The summed E-state index contributed by atoms with van der Waals surface area (Å²) in [6, 6.07) is 1.46. The van der Waals surface area contributed by atoms with E-state index in [4.69, 9.17) is 16.7 Å². The van der Waals surface area contributed by atoms with E-state index in [9.17, 15) is 8.78 Å². The lowest BCUT2D eigenvalue weighted by molar-refractivity contribution is 0.152. The highest BCUT2D eigenvalue weighted by Crippen LogP contribution is 2.13. The Morgan fingerprint density at radius 1 is 1.53 bits per heavy atom. The summed E-state index contributed by atoms with van der Waals surface area (Å²) in [5.74, 6) is 0.282. The van der Waals surface area contributed by atoms with Crippen LogP contribution in [0.15, 0.2) is 12.3 Å². The number of halogens is 3. The molecule has 0 fully saturated rings. The molecule has 0 radical (unpaired) electrons. The minimum atomic E-state index is -2.50. The zero-order chi connectivity index (χ0) is 11.3. The number of hydrogen-bond donors (Lipinski definition) is 1. The third-order valence-electron chi connectivity index (χ3n) is 1.66. The maximum Gasteiger partial charge on any atom is 0.255 e. The minimum absolute atomic E-state index is 0.00953. The van der Waals surface area contributed by atoms with Crippen molar-refractivity contribution in [3.8, 4) is 0 Å². The molecule has 4 nitrogen and oxygen atoms in total. The van der Waals surface area contributed by atoms with E-state index in [1.165, 1.54) is 17.2 Å². The Bertz CT molecular complexity index is 314. The van der Waals surface area contributed by atoms with Crippen molar-refractivity contribution in [1.29, 1.82) is 0 Å². The summed E-state index contributed by atoms with van der Waals surface area (Å²) in [6.07, 6.45) is -1.12. The number of nitrogens with zero attached hydrogens (tertiary/aromatic N) is 3. The van der Waals surface area contributed by atoms with Crippen molar-refractivity contribution in [2.24, 2.45) is 0 Å². The lowest BCUT2D eigenvalue weighted by Crippen LogP contribution is -2.32. The topological polar surface area (TPSA) is 49.2 Å². The van der Waals surface area contributed by atoms with E-state index in [1.54, 1.807) is 0 Å². The first-order chi connectivity index (χ1) is 7.13. The zero-order valence-electron chi connectivity index (χ0n) is 7.78. The average Bonchev–Trinajstić information content (AvgIpc) is 2.16. The largest absolute Gasteiger partial charge is 0.395 e. The van der Waals surface area contributed by atoms with Gasteiger partial charge in [0.05, 0.1) is 13.2 Å². The van der Waals surface area contributed by atoms with Crippen molar-refractivity contribution in [1.82, 2.24) is 9.97 Å². The summed E-state index contributed by atoms with van der Waals surface area (Å²) in [7, 11) is 0. The normalized spacial score (nSPS) is 10.7. The van der Waals surface area contributed by atoms with Crippen LogP contribution in [0.3, 0.4) is 0 Å². The highest BCUT2D eigenvalue weighted by atomic mass is 35.5. The molecule has 0 aliphatic rings. The number of hydrogen-bond acceptors (Lipinski definition) is 4. The SMILES string of the molecule is OCCN(CC(F)F)c1ccnc(Cl)n1. The first-order valence-corrected chi connectivity index (χ1v) is 4.63. The van der Waals surface area contributed by atoms with Crippen molar-refractivity contribution in [3.05, 3.63) is 17.5 Å². The fourth-order valence-electron chi connectivity index (χ4n) is 1.09. The Kier molecular flexibility index (Phi) is 4.64. The number of anilines is 1. The van der Waals surface area contributed by atoms with E-state index in [2.05, 4.69) is 9.97 Å². The van der Waals surface area contributed by atoms with Gasteiger partial charge in [0.25, 0.3) is 6.43 Å². The van der Waals surface area contributed by atoms with Crippen molar-refractivity contribution in [2.45, 2.75) is 6.43 Å². The molecule has 1 aromatic rings. The lowest BCUT2D eigenvalue weighted by Gasteiger charge is -2.21. The molecule has 0 saturated heterocycles. The summed E-state index contributed by atoms with van der Waals surface area (Å²) in [4.78, 5) is 8.67. The van der Waals surface area contributed by atoms with Gasteiger partial charge >= 0.3 is 0 Å². The van der Waals surface area contributed by atoms with E-state index < -0.39 is 13.0 Å². The summed E-state index contributed by atoms with van der Waals surface area (Å²) < 4.78 is 24.4. The number of aliphatic hydroxyl groups is 1. The molecule has 0 unspecified atom stereocenters. The molecular formula is C8H10ClF2N3O. The molecule has 0 atom stereocenters. The van der Waals surface area contributed by atoms with E-state index in [0.29, 0.717) is 0 Å². The average molecular weight is 238 g/mol. The molecule has 0 spiro atoms. The molecule has 0 aliphatic carbocycles. The molecule has 1 N–H and O–H groups in total. The van der Waals surface area contributed by atoms with Crippen LogP contribution in [0.4, 0.5) is 14.6 Å². The van der Waals surface area contributed by atoms with E-state index in [-0.39, 0.29) is 24.3 Å². The molecular weight excluding hydrogens is 228 g/mol. The monoisotopic (exact) mass is 237 g/mol. The van der Waals surface area contributed by atoms with Crippen molar-refractivity contribution in [2.75, 3.05) is 24.6 Å². The molecule has 84 valence electrons. The fraction of sp³-hybridized carbons (Fsp3) is 0.500. The lowest BCUT2D eigenvalue weighted by atomic mass is 10.4. The second-order valence-corrected chi connectivity index (χ2v) is 3.08. The van der Waals surface area contributed by atoms with Gasteiger partial charge in [0.1, 0.15) is 5.82 Å². The maximum atomic E-state index is 12.2. The minimum Gasteiger partial charge on any atom is -0.395 e. The second-order valence-electron chi connectivity index (χ2n) is 2.74. The highest BCUT2D eigenvalue weighted by molar-refractivity contribution is 6.28. The van der Waals surface area contributed by atoms with E-state index >= 15 is 0 Å². The molecule has 7 heteroatoms. The fourth-order valence-corrected chi connectivity index (χ4v) is 1.23. The number of aliphatic hydroxyl groups excluding tert-OH is 1. The van der Waals surface area contributed by atoms with Crippen LogP contribution < -0.4 is 4.90 Å². The Morgan fingerprint density at radius 3 is 2.80 bits per heavy atom. The van der Waals surface area contributed by atoms with Gasteiger partial charge in [-0.25, -0.2) is 18.7 Å². The molecule has 1 aromatic heterocycles. The Labute approximate surface area is 90.5 Å². The smallest absolute Gasteiger partial charge is 0.255 e. The molecule has 0 saturated carbocycles. The Balaban J connectivity index is 2.78. The third-order valence-corrected chi connectivity index (χ3v) is 1.85. The van der Waals surface area contributed by atoms with Crippen LogP contribution in [0.2, 0.25) is 5.28 Å². The van der Waals surface area contributed by atoms with Gasteiger partial charge in [0.2, 0.25) is 5.28 Å². The van der Waals surface area contributed by atoms with Gasteiger partial charge in [-0.05, 0) is 17.7 Å².